The zero-order valence-electron chi connectivity index (χ0n) is 21.9. The van der Waals surface area contributed by atoms with E-state index in [1.165, 1.54) is 0 Å². The van der Waals surface area contributed by atoms with Gasteiger partial charge < -0.3 is 19.0 Å². The summed E-state index contributed by atoms with van der Waals surface area (Å²) in [5.41, 5.74) is 1.16. The molecule has 0 bridgehead atoms. The Morgan fingerprint density at radius 2 is 1.60 bits per heavy atom. The predicted molar refractivity (Wildman–Crippen MR) is 135 cm³/mol. The molecule has 0 aromatic heterocycles. The highest BCUT2D eigenvalue weighted by molar-refractivity contribution is 6.76. The number of ether oxygens (including phenoxy) is 2. The summed E-state index contributed by atoms with van der Waals surface area (Å²) in [4.78, 5) is 0. The first-order valence-electron chi connectivity index (χ1n) is 11.6. The Labute approximate surface area is 189 Å². The summed E-state index contributed by atoms with van der Waals surface area (Å²) in [7, 11) is -1.29. The van der Waals surface area contributed by atoms with Gasteiger partial charge in [-0.25, -0.2) is 0 Å². The van der Waals surface area contributed by atoms with Crippen molar-refractivity contribution in [3.05, 3.63) is 12.2 Å². The standard InChI is InChI=1S/C24H52O4Si2/c1-19(16-28-30(11,12)24(4,5)6)13-21(3)23(27-18-26-7)15-22(25)14-20(2)17-29(8,9)10/h19,21-23,25H,2,13-18H2,1,3-12H3/t19-,21-,22+,23-/m0/s1. The zero-order valence-corrected chi connectivity index (χ0v) is 23.9. The molecule has 30 heavy (non-hydrogen) atoms. The summed E-state index contributed by atoms with van der Waals surface area (Å²) in [5, 5.41) is 10.9. The molecule has 0 heterocycles. The van der Waals surface area contributed by atoms with Crippen LogP contribution in [-0.4, -0.2) is 54.2 Å². The lowest BCUT2D eigenvalue weighted by Crippen LogP contribution is -2.42. The molecule has 0 saturated carbocycles. The first-order chi connectivity index (χ1) is 13.5. The summed E-state index contributed by atoms with van der Waals surface area (Å²) >= 11 is 0. The number of methoxy groups -OCH3 is 1. The minimum atomic E-state index is -1.73. The van der Waals surface area contributed by atoms with E-state index >= 15 is 0 Å². The number of hydrogen-bond acceptors (Lipinski definition) is 4. The summed E-state index contributed by atoms with van der Waals surface area (Å²) in [6.45, 7) is 28.2. The summed E-state index contributed by atoms with van der Waals surface area (Å²) < 4.78 is 17.5. The van der Waals surface area contributed by atoms with Crippen molar-refractivity contribution in [2.45, 2.75) is 110 Å². The van der Waals surface area contributed by atoms with Crippen LogP contribution in [0.15, 0.2) is 12.2 Å². The lowest BCUT2D eigenvalue weighted by atomic mass is 9.89. The maximum Gasteiger partial charge on any atom is 0.191 e. The molecule has 0 aromatic carbocycles. The largest absolute Gasteiger partial charge is 0.417 e. The molecule has 4 atom stereocenters. The van der Waals surface area contributed by atoms with E-state index in [-0.39, 0.29) is 17.9 Å². The second kappa shape index (κ2) is 12.9. The topological polar surface area (TPSA) is 47.9 Å². The van der Waals surface area contributed by atoms with Crippen LogP contribution in [0.5, 0.6) is 0 Å². The first-order valence-corrected chi connectivity index (χ1v) is 18.2. The Kier molecular flexibility index (Phi) is 12.9. The number of aliphatic hydroxyl groups is 1. The van der Waals surface area contributed by atoms with Crippen LogP contribution in [0.1, 0.15) is 53.9 Å². The normalized spacial score (nSPS) is 17.5. The summed E-state index contributed by atoms with van der Waals surface area (Å²) in [5.74, 6) is 0.764. The fraction of sp³-hybridized carbons (Fsp3) is 0.917. The van der Waals surface area contributed by atoms with Gasteiger partial charge in [0.1, 0.15) is 6.79 Å². The van der Waals surface area contributed by atoms with E-state index in [0.29, 0.717) is 24.7 Å². The maximum absolute atomic E-state index is 10.7. The van der Waals surface area contributed by atoms with Gasteiger partial charge in [0.25, 0.3) is 0 Å². The Morgan fingerprint density at radius 1 is 1.03 bits per heavy atom. The molecule has 6 heteroatoms. The minimum Gasteiger partial charge on any atom is -0.417 e. The van der Waals surface area contributed by atoms with Crippen LogP contribution < -0.4 is 0 Å². The maximum atomic E-state index is 10.7. The van der Waals surface area contributed by atoms with Gasteiger partial charge in [0, 0.05) is 28.2 Å². The van der Waals surface area contributed by atoms with Gasteiger partial charge >= 0.3 is 0 Å². The van der Waals surface area contributed by atoms with Crippen molar-refractivity contribution in [2.24, 2.45) is 11.8 Å². The molecule has 1 N–H and O–H groups in total. The molecule has 0 rings (SSSR count). The van der Waals surface area contributed by atoms with Gasteiger partial charge in [-0.1, -0.05) is 59.8 Å². The Hall–Kier alpha value is 0.0138. The number of aliphatic hydroxyl groups excluding tert-OH is 1. The van der Waals surface area contributed by atoms with Crippen molar-refractivity contribution < 1.29 is 19.0 Å². The van der Waals surface area contributed by atoms with Crippen LogP contribution >= 0.6 is 0 Å². The molecule has 0 unspecified atom stereocenters. The quantitative estimate of drug-likeness (QED) is 0.168. The van der Waals surface area contributed by atoms with E-state index in [1.807, 2.05) is 0 Å². The van der Waals surface area contributed by atoms with E-state index in [4.69, 9.17) is 13.9 Å². The predicted octanol–water partition coefficient (Wildman–Crippen LogP) is 6.70. The molecule has 0 aliphatic carbocycles. The monoisotopic (exact) mass is 460 g/mol. The molecule has 0 spiro atoms. The fourth-order valence-electron chi connectivity index (χ4n) is 3.55. The van der Waals surface area contributed by atoms with Crippen LogP contribution in [0.4, 0.5) is 0 Å². The van der Waals surface area contributed by atoms with Gasteiger partial charge in [-0.05, 0) is 48.9 Å². The van der Waals surface area contributed by atoms with Gasteiger partial charge in [0.05, 0.1) is 12.2 Å². The van der Waals surface area contributed by atoms with Gasteiger partial charge in [0.15, 0.2) is 8.32 Å². The third kappa shape index (κ3) is 12.8. The van der Waals surface area contributed by atoms with Crippen LogP contribution in [0.25, 0.3) is 0 Å². The molecule has 180 valence electrons. The molecular formula is C24H52O4Si2. The molecule has 0 aromatic rings. The van der Waals surface area contributed by atoms with Crippen molar-refractivity contribution in [2.75, 3.05) is 20.5 Å². The SMILES string of the molecule is C=C(C[C@@H](O)C[C@H](OCOC)[C@@H](C)C[C@H](C)CO[Si](C)(C)C(C)(C)C)C[Si](C)(C)C. The second-order valence-electron chi connectivity index (χ2n) is 12.1. The zero-order chi connectivity index (χ0) is 23.8. The minimum absolute atomic E-state index is 0.0325. The highest BCUT2D eigenvalue weighted by Crippen LogP contribution is 2.37. The van der Waals surface area contributed by atoms with Gasteiger partial charge in [-0.3, -0.25) is 0 Å². The van der Waals surface area contributed by atoms with Crippen molar-refractivity contribution in [1.29, 1.82) is 0 Å². The van der Waals surface area contributed by atoms with Crippen molar-refractivity contribution in [1.82, 2.24) is 0 Å². The van der Waals surface area contributed by atoms with Crippen molar-refractivity contribution in [3.8, 4) is 0 Å². The average molecular weight is 461 g/mol. The number of hydrogen-bond donors (Lipinski definition) is 1. The van der Waals surface area contributed by atoms with Crippen molar-refractivity contribution >= 4 is 16.4 Å². The van der Waals surface area contributed by atoms with Crippen molar-refractivity contribution in [3.63, 3.8) is 0 Å². The third-order valence-corrected chi connectivity index (χ3v) is 12.2. The molecule has 0 aliphatic rings. The first kappa shape index (κ1) is 30.0. The van der Waals surface area contributed by atoms with Gasteiger partial charge in [0.2, 0.25) is 0 Å². The molecule has 0 aliphatic heterocycles. The van der Waals surface area contributed by atoms with Gasteiger partial charge in [-0.2, -0.15) is 0 Å². The second-order valence-corrected chi connectivity index (χ2v) is 22.4. The lowest BCUT2D eigenvalue weighted by Gasteiger charge is -2.37. The van der Waals surface area contributed by atoms with E-state index in [0.717, 1.165) is 24.6 Å². The molecule has 0 radical (unpaired) electrons. The average Bonchev–Trinajstić information content (AvgIpc) is 2.53. The smallest absolute Gasteiger partial charge is 0.191 e. The van der Waals surface area contributed by atoms with E-state index in [1.54, 1.807) is 7.11 Å². The van der Waals surface area contributed by atoms with E-state index in [2.05, 4.69) is 73.9 Å². The molecule has 4 nitrogen and oxygen atoms in total. The lowest BCUT2D eigenvalue weighted by molar-refractivity contribution is -0.104. The highest BCUT2D eigenvalue weighted by atomic mass is 28.4. The Balaban J connectivity index is 4.78. The van der Waals surface area contributed by atoms with E-state index < -0.39 is 22.5 Å². The molecule has 0 saturated heterocycles. The van der Waals surface area contributed by atoms with Crippen LogP contribution in [0.3, 0.4) is 0 Å². The fourth-order valence-corrected chi connectivity index (χ4v) is 6.33. The highest BCUT2D eigenvalue weighted by Gasteiger charge is 2.37. The van der Waals surface area contributed by atoms with Crippen LogP contribution in [0.2, 0.25) is 43.8 Å². The molecule has 0 fully saturated rings. The summed E-state index contributed by atoms with van der Waals surface area (Å²) in [6, 6.07) is 1.06. The Bertz CT molecular complexity index is 494. The molecular weight excluding hydrogens is 408 g/mol. The third-order valence-electron chi connectivity index (χ3n) is 6.15. The Morgan fingerprint density at radius 3 is 2.07 bits per heavy atom. The van der Waals surface area contributed by atoms with Crippen LogP contribution in [0, 0.1) is 11.8 Å². The number of rotatable bonds is 15. The van der Waals surface area contributed by atoms with Gasteiger partial charge in [-0.15, -0.1) is 6.58 Å². The van der Waals surface area contributed by atoms with Crippen LogP contribution in [-0.2, 0) is 13.9 Å². The summed E-state index contributed by atoms with van der Waals surface area (Å²) in [6.07, 6.45) is 1.83. The van der Waals surface area contributed by atoms with E-state index in [9.17, 15) is 5.11 Å². The molecule has 0 amide bonds.